The molecule has 3 aromatic rings. The van der Waals surface area contributed by atoms with E-state index in [0.29, 0.717) is 17.2 Å². The lowest BCUT2D eigenvalue weighted by Crippen LogP contribution is -2.53. The highest BCUT2D eigenvalue weighted by molar-refractivity contribution is 9.10. The van der Waals surface area contributed by atoms with Crippen LogP contribution in [0.5, 0.6) is 5.75 Å². The number of carbonyl (C=O) groups excluding carboxylic acids is 2. The third-order valence-corrected chi connectivity index (χ3v) is 7.39. The molecule has 0 bridgehead atoms. The quantitative estimate of drug-likeness (QED) is 0.294. The molecule has 1 aliphatic carbocycles. The largest absolute Gasteiger partial charge is 0.484 e. The molecule has 194 valence electrons. The lowest BCUT2D eigenvalue weighted by molar-refractivity contribution is -0.143. The van der Waals surface area contributed by atoms with Crippen LogP contribution in [0, 0.1) is 0 Å². The van der Waals surface area contributed by atoms with Crippen LogP contribution in [0.25, 0.3) is 0 Å². The van der Waals surface area contributed by atoms with E-state index in [-0.39, 0.29) is 31.0 Å². The van der Waals surface area contributed by atoms with Gasteiger partial charge in [-0.3, -0.25) is 9.59 Å². The van der Waals surface area contributed by atoms with Crippen LogP contribution in [0.15, 0.2) is 83.3 Å². The number of rotatable bonds is 10. The van der Waals surface area contributed by atoms with Crippen LogP contribution in [0.2, 0.25) is 5.02 Å². The molecule has 0 spiro atoms. The SMILES string of the molecule is O=C(NC1CCCCC1)C(Cc1ccccc1)N(Cc1cccc(Br)c1)C(=O)COc1ccc(Cl)cc1. The fraction of sp³-hybridized carbons (Fsp3) is 0.333. The molecular formula is C30H32BrClN2O3. The molecule has 4 rings (SSSR count). The van der Waals surface area contributed by atoms with Crippen LogP contribution in [-0.4, -0.2) is 35.4 Å². The van der Waals surface area contributed by atoms with Gasteiger partial charge in [-0.15, -0.1) is 0 Å². The van der Waals surface area contributed by atoms with Crippen molar-refractivity contribution in [3.05, 3.63) is 99.5 Å². The molecule has 0 saturated heterocycles. The number of hydrogen-bond donors (Lipinski definition) is 1. The number of nitrogens with zero attached hydrogens (tertiary/aromatic N) is 1. The van der Waals surface area contributed by atoms with Gasteiger partial charge in [0, 0.05) is 28.5 Å². The highest BCUT2D eigenvalue weighted by Crippen LogP contribution is 2.21. The Labute approximate surface area is 232 Å². The number of hydrogen-bond acceptors (Lipinski definition) is 3. The molecule has 1 saturated carbocycles. The number of halogens is 2. The van der Waals surface area contributed by atoms with Crippen molar-refractivity contribution < 1.29 is 14.3 Å². The van der Waals surface area contributed by atoms with Crippen molar-refractivity contribution in [2.45, 2.75) is 57.2 Å². The van der Waals surface area contributed by atoms with Gasteiger partial charge in [0.15, 0.2) is 6.61 Å². The molecule has 3 aromatic carbocycles. The molecule has 37 heavy (non-hydrogen) atoms. The van der Waals surface area contributed by atoms with Crippen molar-refractivity contribution in [3.8, 4) is 5.75 Å². The van der Waals surface area contributed by atoms with Gasteiger partial charge < -0.3 is 15.0 Å². The summed E-state index contributed by atoms with van der Waals surface area (Å²) in [5.41, 5.74) is 1.93. The maximum atomic E-state index is 13.8. The zero-order chi connectivity index (χ0) is 26.0. The van der Waals surface area contributed by atoms with E-state index in [1.807, 2.05) is 54.6 Å². The molecule has 0 radical (unpaired) electrons. The molecule has 0 heterocycles. The van der Waals surface area contributed by atoms with Gasteiger partial charge in [0.1, 0.15) is 11.8 Å². The van der Waals surface area contributed by atoms with Crippen molar-refractivity contribution >= 4 is 39.3 Å². The molecule has 1 aliphatic rings. The van der Waals surface area contributed by atoms with E-state index in [1.54, 1.807) is 29.2 Å². The monoisotopic (exact) mass is 582 g/mol. The number of nitrogens with one attached hydrogen (secondary N) is 1. The van der Waals surface area contributed by atoms with Crippen LogP contribution in [-0.2, 0) is 22.6 Å². The van der Waals surface area contributed by atoms with E-state index in [9.17, 15) is 9.59 Å². The summed E-state index contributed by atoms with van der Waals surface area (Å²) >= 11 is 9.51. The Balaban J connectivity index is 1.60. The maximum Gasteiger partial charge on any atom is 0.261 e. The Kier molecular flexibility index (Phi) is 10.0. The lowest BCUT2D eigenvalue weighted by Gasteiger charge is -2.33. The van der Waals surface area contributed by atoms with E-state index in [2.05, 4.69) is 21.2 Å². The molecule has 1 N–H and O–H groups in total. The number of carbonyl (C=O) groups is 2. The van der Waals surface area contributed by atoms with Gasteiger partial charge in [0.25, 0.3) is 5.91 Å². The zero-order valence-electron chi connectivity index (χ0n) is 20.7. The first-order valence-corrected chi connectivity index (χ1v) is 13.9. The van der Waals surface area contributed by atoms with Crippen LogP contribution in [0.4, 0.5) is 0 Å². The summed E-state index contributed by atoms with van der Waals surface area (Å²) < 4.78 is 6.72. The summed E-state index contributed by atoms with van der Waals surface area (Å²) in [6.45, 7) is 0.107. The van der Waals surface area contributed by atoms with Crippen LogP contribution in [0.3, 0.4) is 0 Å². The van der Waals surface area contributed by atoms with Crippen molar-refractivity contribution in [1.82, 2.24) is 10.2 Å². The first kappa shape index (κ1) is 27.2. The van der Waals surface area contributed by atoms with Gasteiger partial charge in [-0.1, -0.05) is 89.3 Å². The van der Waals surface area contributed by atoms with E-state index in [0.717, 1.165) is 41.3 Å². The number of benzene rings is 3. The average molecular weight is 584 g/mol. The summed E-state index contributed by atoms with van der Waals surface area (Å²) in [5, 5.41) is 3.85. The Morgan fingerprint density at radius 2 is 1.65 bits per heavy atom. The Morgan fingerprint density at radius 3 is 2.35 bits per heavy atom. The first-order valence-electron chi connectivity index (χ1n) is 12.7. The topological polar surface area (TPSA) is 58.6 Å². The van der Waals surface area contributed by atoms with Gasteiger partial charge in [0.2, 0.25) is 5.91 Å². The minimum absolute atomic E-state index is 0.120. The van der Waals surface area contributed by atoms with Gasteiger partial charge in [-0.05, 0) is 60.4 Å². The third kappa shape index (κ3) is 8.34. The van der Waals surface area contributed by atoms with E-state index < -0.39 is 6.04 Å². The average Bonchev–Trinajstić information content (AvgIpc) is 2.91. The third-order valence-electron chi connectivity index (χ3n) is 6.64. The van der Waals surface area contributed by atoms with Crippen LogP contribution in [0.1, 0.15) is 43.2 Å². The predicted octanol–water partition coefficient (Wildman–Crippen LogP) is 6.57. The molecule has 2 amide bonds. The minimum Gasteiger partial charge on any atom is -0.484 e. The maximum absolute atomic E-state index is 13.8. The molecule has 7 heteroatoms. The van der Waals surface area contributed by atoms with Crippen molar-refractivity contribution in [3.63, 3.8) is 0 Å². The van der Waals surface area contributed by atoms with Crippen molar-refractivity contribution in [2.24, 2.45) is 0 Å². The first-order chi connectivity index (χ1) is 18.0. The highest BCUT2D eigenvalue weighted by Gasteiger charge is 2.32. The van der Waals surface area contributed by atoms with Gasteiger partial charge >= 0.3 is 0 Å². The van der Waals surface area contributed by atoms with Gasteiger partial charge in [0.05, 0.1) is 0 Å². The molecule has 0 aliphatic heterocycles. The zero-order valence-corrected chi connectivity index (χ0v) is 23.1. The smallest absolute Gasteiger partial charge is 0.261 e. The van der Waals surface area contributed by atoms with Crippen molar-refractivity contribution in [2.75, 3.05) is 6.61 Å². The van der Waals surface area contributed by atoms with Crippen LogP contribution >= 0.6 is 27.5 Å². The summed E-state index contributed by atoms with van der Waals surface area (Å²) in [6.07, 6.45) is 5.80. The standard InChI is InChI=1S/C30H32BrClN2O3/c31-24-11-7-10-23(18-24)20-34(29(35)21-37-27-16-14-25(32)15-17-27)28(19-22-8-3-1-4-9-22)30(36)33-26-12-5-2-6-13-26/h1,3-4,7-11,14-18,26,28H,2,5-6,12-13,19-21H2,(H,33,36). The van der Waals surface area contributed by atoms with E-state index >= 15 is 0 Å². The molecule has 1 fully saturated rings. The summed E-state index contributed by atoms with van der Waals surface area (Å²) in [4.78, 5) is 29.1. The van der Waals surface area contributed by atoms with Crippen molar-refractivity contribution in [1.29, 1.82) is 0 Å². The fourth-order valence-corrected chi connectivity index (χ4v) is 5.26. The summed E-state index contributed by atoms with van der Waals surface area (Å²) in [5.74, 6) is 0.173. The van der Waals surface area contributed by atoms with Gasteiger partial charge in [-0.25, -0.2) is 0 Å². The lowest BCUT2D eigenvalue weighted by atomic mass is 9.94. The Hall–Kier alpha value is -2.83. The number of ether oxygens (including phenoxy) is 1. The molecule has 1 atom stereocenters. The molecular weight excluding hydrogens is 552 g/mol. The normalized spacial score (nSPS) is 14.5. The second kappa shape index (κ2) is 13.6. The summed E-state index contributed by atoms with van der Waals surface area (Å²) in [6, 6.07) is 24.0. The van der Waals surface area contributed by atoms with Gasteiger partial charge in [-0.2, -0.15) is 0 Å². The second-order valence-corrected chi connectivity index (χ2v) is 10.8. The van der Waals surface area contributed by atoms with Crippen LogP contribution < -0.4 is 10.1 Å². The predicted molar refractivity (Wildman–Crippen MR) is 151 cm³/mol. The van der Waals surface area contributed by atoms with E-state index in [1.165, 1.54) is 6.42 Å². The van der Waals surface area contributed by atoms with E-state index in [4.69, 9.17) is 16.3 Å². The fourth-order valence-electron chi connectivity index (χ4n) is 4.69. The minimum atomic E-state index is -0.676. The Morgan fingerprint density at radius 1 is 0.946 bits per heavy atom. The summed E-state index contributed by atoms with van der Waals surface area (Å²) in [7, 11) is 0. The molecule has 1 unspecified atom stereocenters. The molecule has 0 aromatic heterocycles. The highest BCUT2D eigenvalue weighted by atomic mass is 79.9. The second-order valence-electron chi connectivity index (χ2n) is 9.44. The molecule has 5 nitrogen and oxygen atoms in total. The number of amides is 2. The Bertz CT molecular complexity index is 1170.